The number of benzene rings is 2. The molecule has 7 nitrogen and oxygen atoms in total. The summed E-state index contributed by atoms with van der Waals surface area (Å²) in [6.45, 7) is 3.41. The van der Waals surface area contributed by atoms with E-state index in [9.17, 15) is 9.59 Å². The molecule has 8 heteroatoms. The summed E-state index contributed by atoms with van der Waals surface area (Å²) in [5.74, 6) is 1.24. The predicted molar refractivity (Wildman–Crippen MR) is 126 cm³/mol. The molecule has 5 rings (SSSR count). The number of carbonyl (C=O) groups excluding carboxylic acids is 2. The van der Waals surface area contributed by atoms with Crippen LogP contribution in [-0.4, -0.2) is 41.6 Å². The van der Waals surface area contributed by atoms with E-state index in [1.165, 1.54) is 5.56 Å². The van der Waals surface area contributed by atoms with Crippen molar-refractivity contribution in [3.8, 4) is 22.1 Å². The molecule has 2 amide bonds. The molecule has 3 aromatic rings. The summed E-state index contributed by atoms with van der Waals surface area (Å²) in [5.41, 5.74) is 3.76. The summed E-state index contributed by atoms with van der Waals surface area (Å²) in [4.78, 5) is 32.0. The van der Waals surface area contributed by atoms with Crippen LogP contribution in [0, 0.1) is 12.8 Å². The Morgan fingerprint density at radius 1 is 1.09 bits per heavy atom. The van der Waals surface area contributed by atoms with E-state index in [2.05, 4.69) is 41.5 Å². The van der Waals surface area contributed by atoms with Crippen LogP contribution in [0.1, 0.15) is 24.1 Å². The van der Waals surface area contributed by atoms with Gasteiger partial charge in [0.25, 0.3) is 0 Å². The van der Waals surface area contributed by atoms with Gasteiger partial charge in [-0.15, -0.1) is 11.3 Å². The highest BCUT2D eigenvalue weighted by Gasteiger charge is 2.28. The fourth-order valence-corrected chi connectivity index (χ4v) is 4.92. The number of nitrogens with zero attached hydrogens (tertiary/aromatic N) is 2. The molecule has 0 radical (unpaired) electrons. The molecule has 2 aliphatic rings. The number of thiazole rings is 1. The maximum Gasteiger partial charge on any atom is 0.231 e. The van der Waals surface area contributed by atoms with Crippen LogP contribution in [0.4, 0.5) is 5.69 Å². The second-order valence-corrected chi connectivity index (χ2v) is 9.26. The molecule has 1 saturated heterocycles. The standard InChI is InChI=1S/C25H25N3O4S/c1-16-2-4-18(5-3-16)25-27-20(14-33-25)13-23(29)28-10-8-17(9-11-28)24(30)26-19-6-7-21-22(12-19)32-15-31-21/h2-7,12,14,17H,8-11,13,15H2,1H3,(H,26,30). The van der Waals surface area contributed by atoms with Gasteiger partial charge in [0.05, 0.1) is 12.1 Å². The van der Waals surface area contributed by atoms with Crippen LogP contribution in [0.2, 0.25) is 0 Å². The van der Waals surface area contributed by atoms with Crippen molar-refractivity contribution in [1.29, 1.82) is 0 Å². The number of carbonyl (C=O) groups is 2. The third kappa shape index (κ3) is 4.85. The van der Waals surface area contributed by atoms with Crippen molar-refractivity contribution in [1.82, 2.24) is 9.88 Å². The molecule has 1 fully saturated rings. The van der Waals surface area contributed by atoms with Gasteiger partial charge < -0.3 is 19.7 Å². The molecular formula is C25H25N3O4S. The molecule has 2 aliphatic heterocycles. The number of ether oxygens (including phenoxy) is 2. The van der Waals surface area contributed by atoms with Gasteiger partial charge in [0.15, 0.2) is 11.5 Å². The van der Waals surface area contributed by atoms with Crippen LogP contribution in [0.5, 0.6) is 11.5 Å². The van der Waals surface area contributed by atoms with Crippen molar-refractivity contribution in [3.63, 3.8) is 0 Å². The molecule has 2 aromatic carbocycles. The van der Waals surface area contributed by atoms with E-state index in [1.807, 2.05) is 16.3 Å². The van der Waals surface area contributed by atoms with E-state index in [0.717, 1.165) is 16.3 Å². The zero-order chi connectivity index (χ0) is 22.8. The van der Waals surface area contributed by atoms with Gasteiger partial charge in [0.1, 0.15) is 5.01 Å². The zero-order valence-corrected chi connectivity index (χ0v) is 19.2. The van der Waals surface area contributed by atoms with Gasteiger partial charge in [-0.05, 0) is 31.9 Å². The molecule has 0 bridgehead atoms. The largest absolute Gasteiger partial charge is 0.454 e. The Morgan fingerprint density at radius 2 is 1.85 bits per heavy atom. The van der Waals surface area contributed by atoms with E-state index in [1.54, 1.807) is 23.5 Å². The van der Waals surface area contributed by atoms with Crippen LogP contribution >= 0.6 is 11.3 Å². The molecule has 3 heterocycles. The molecule has 0 spiro atoms. The lowest BCUT2D eigenvalue weighted by Gasteiger charge is -2.31. The van der Waals surface area contributed by atoms with Crippen molar-refractivity contribution in [2.75, 3.05) is 25.2 Å². The molecule has 0 atom stereocenters. The molecule has 1 aromatic heterocycles. The molecule has 170 valence electrons. The summed E-state index contributed by atoms with van der Waals surface area (Å²) >= 11 is 1.56. The minimum atomic E-state index is -0.119. The lowest BCUT2D eigenvalue weighted by Crippen LogP contribution is -2.42. The predicted octanol–water partition coefficient (Wildman–Crippen LogP) is 4.27. The molecule has 0 saturated carbocycles. The second-order valence-electron chi connectivity index (χ2n) is 8.40. The zero-order valence-electron chi connectivity index (χ0n) is 18.4. The van der Waals surface area contributed by atoms with Crippen LogP contribution in [-0.2, 0) is 16.0 Å². The normalized spacial score (nSPS) is 15.5. The van der Waals surface area contributed by atoms with Gasteiger partial charge in [0.2, 0.25) is 18.6 Å². The lowest BCUT2D eigenvalue weighted by atomic mass is 9.95. The number of piperidine rings is 1. The number of anilines is 1. The monoisotopic (exact) mass is 463 g/mol. The van der Waals surface area contributed by atoms with Gasteiger partial charge in [-0.1, -0.05) is 29.8 Å². The minimum Gasteiger partial charge on any atom is -0.454 e. The second kappa shape index (κ2) is 9.23. The first-order valence-corrected chi connectivity index (χ1v) is 11.9. The molecular weight excluding hydrogens is 438 g/mol. The first-order chi connectivity index (χ1) is 16.0. The van der Waals surface area contributed by atoms with E-state index in [0.29, 0.717) is 43.1 Å². The Labute approximate surface area is 196 Å². The maximum absolute atomic E-state index is 12.8. The highest BCUT2D eigenvalue weighted by atomic mass is 32.1. The topological polar surface area (TPSA) is 80.8 Å². The fraction of sp³-hybridized carbons (Fsp3) is 0.320. The van der Waals surface area contributed by atoms with Crippen molar-refractivity contribution in [2.24, 2.45) is 5.92 Å². The molecule has 1 N–H and O–H groups in total. The van der Waals surface area contributed by atoms with Gasteiger partial charge in [0, 0.05) is 41.7 Å². The van der Waals surface area contributed by atoms with Gasteiger partial charge in [-0.2, -0.15) is 0 Å². The summed E-state index contributed by atoms with van der Waals surface area (Å²) in [6, 6.07) is 13.6. The first kappa shape index (κ1) is 21.5. The fourth-order valence-electron chi connectivity index (χ4n) is 4.09. The van der Waals surface area contributed by atoms with Gasteiger partial charge in [-0.3, -0.25) is 9.59 Å². The van der Waals surface area contributed by atoms with Crippen LogP contribution in [0.25, 0.3) is 10.6 Å². The summed E-state index contributed by atoms with van der Waals surface area (Å²) in [6.07, 6.45) is 1.58. The number of hydrogen-bond donors (Lipinski definition) is 1. The SMILES string of the molecule is Cc1ccc(-c2nc(CC(=O)N3CCC(C(=O)Nc4ccc5c(c4)OCO5)CC3)cs2)cc1. The number of aryl methyl sites for hydroxylation is 1. The lowest BCUT2D eigenvalue weighted by molar-refractivity contribution is -0.133. The summed E-state index contributed by atoms with van der Waals surface area (Å²) in [5, 5.41) is 5.84. The number of hydrogen-bond acceptors (Lipinski definition) is 6. The Kier molecular flexibility index (Phi) is 6.00. The highest BCUT2D eigenvalue weighted by molar-refractivity contribution is 7.13. The summed E-state index contributed by atoms with van der Waals surface area (Å²) < 4.78 is 10.7. The van der Waals surface area contributed by atoms with E-state index in [4.69, 9.17) is 9.47 Å². The van der Waals surface area contributed by atoms with Crippen molar-refractivity contribution in [2.45, 2.75) is 26.2 Å². The first-order valence-electron chi connectivity index (χ1n) is 11.0. The minimum absolute atomic E-state index is 0.0248. The summed E-state index contributed by atoms with van der Waals surface area (Å²) in [7, 11) is 0. The van der Waals surface area contributed by atoms with E-state index >= 15 is 0 Å². The number of fused-ring (bicyclic) bond motifs is 1. The Balaban J connectivity index is 1.12. The van der Waals surface area contributed by atoms with Crippen molar-refractivity contribution in [3.05, 3.63) is 59.1 Å². The highest BCUT2D eigenvalue weighted by Crippen LogP contribution is 2.34. The molecule has 0 unspecified atom stereocenters. The van der Waals surface area contributed by atoms with Crippen LogP contribution < -0.4 is 14.8 Å². The number of likely N-dealkylation sites (tertiary alicyclic amines) is 1. The molecule has 33 heavy (non-hydrogen) atoms. The smallest absolute Gasteiger partial charge is 0.231 e. The average molecular weight is 464 g/mol. The number of nitrogens with one attached hydrogen (secondary N) is 1. The van der Waals surface area contributed by atoms with Gasteiger partial charge >= 0.3 is 0 Å². The Bertz CT molecular complexity index is 1170. The van der Waals surface area contributed by atoms with E-state index in [-0.39, 0.29) is 30.9 Å². The van der Waals surface area contributed by atoms with Gasteiger partial charge in [-0.25, -0.2) is 4.98 Å². The van der Waals surface area contributed by atoms with Crippen LogP contribution in [0.15, 0.2) is 47.8 Å². The van der Waals surface area contributed by atoms with Crippen LogP contribution in [0.3, 0.4) is 0 Å². The Hall–Kier alpha value is -3.39. The number of rotatable bonds is 5. The third-order valence-corrected chi connectivity index (χ3v) is 6.98. The van der Waals surface area contributed by atoms with E-state index < -0.39 is 0 Å². The van der Waals surface area contributed by atoms with Crippen molar-refractivity contribution >= 4 is 28.8 Å². The maximum atomic E-state index is 12.8. The third-order valence-electron chi connectivity index (χ3n) is 6.04. The number of amides is 2. The van der Waals surface area contributed by atoms with Crippen molar-refractivity contribution < 1.29 is 19.1 Å². The molecule has 0 aliphatic carbocycles. The number of aromatic nitrogens is 1. The quantitative estimate of drug-likeness (QED) is 0.611. The average Bonchev–Trinajstić information content (AvgIpc) is 3.49. The Morgan fingerprint density at radius 3 is 2.64 bits per heavy atom.